The molecule has 0 radical (unpaired) electrons. The van der Waals surface area contributed by atoms with Gasteiger partial charge >= 0.3 is 0 Å². The fraction of sp³-hybridized carbons (Fsp3) is 0.231. The number of hydrogen-bond donors (Lipinski definition) is 0. The lowest BCUT2D eigenvalue weighted by molar-refractivity contribution is 0.0535. The Morgan fingerprint density at radius 2 is 1.35 bits per heavy atom. The summed E-state index contributed by atoms with van der Waals surface area (Å²) in [5, 5.41) is 0. The molecule has 3 aromatic rings. The predicted molar refractivity (Wildman–Crippen MR) is 121 cm³/mol. The lowest BCUT2D eigenvalue weighted by Crippen LogP contribution is -2.50. The highest BCUT2D eigenvalue weighted by Gasteiger charge is 2.25. The molecule has 1 aliphatic heterocycles. The normalized spacial score (nSPS) is 13.7. The molecule has 1 heterocycles. The van der Waals surface area contributed by atoms with Crippen LogP contribution in [0, 0.1) is 6.92 Å². The lowest BCUT2D eigenvalue weighted by atomic mass is 10.0. The fourth-order valence-corrected chi connectivity index (χ4v) is 3.88. The molecule has 1 aliphatic rings. The van der Waals surface area contributed by atoms with Crippen molar-refractivity contribution in [2.45, 2.75) is 6.92 Å². The first-order valence-electron chi connectivity index (χ1n) is 10.5. The molecule has 0 aliphatic carbocycles. The average Bonchev–Trinajstić information content (AvgIpc) is 2.84. The van der Waals surface area contributed by atoms with Crippen molar-refractivity contribution in [1.82, 2.24) is 9.80 Å². The van der Waals surface area contributed by atoms with Crippen LogP contribution in [0.5, 0.6) is 5.75 Å². The Morgan fingerprint density at radius 1 is 0.742 bits per heavy atom. The maximum Gasteiger partial charge on any atom is 0.253 e. The van der Waals surface area contributed by atoms with Crippen LogP contribution in [-0.2, 0) is 0 Å². The summed E-state index contributed by atoms with van der Waals surface area (Å²) in [4.78, 5) is 29.5. The molecule has 0 unspecified atom stereocenters. The van der Waals surface area contributed by atoms with Crippen LogP contribution >= 0.6 is 0 Å². The number of rotatable bonds is 4. The second-order valence-corrected chi connectivity index (χ2v) is 7.73. The van der Waals surface area contributed by atoms with Gasteiger partial charge in [0.2, 0.25) is 0 Å². The minimum Gasteiger partial charge on any atom is -0.496 e. The minimum absolute atomic E-state index is 0.0146. The third kappa shape index (κ3) is 4.45. The average molecular weight is 415 g/mol. The molecule has 1 fully saturated rings. The number of benzene rings is 3. The number of carbonyl (C=O) groups is 2. The van der Waals surface area contributed by atoms with Gasteiger partial charge in [-0.25, -0.2) is 0 Å². The molecule has 3 aromatic carbocycles. The predicted octanol–water partition coefficient (Wildman–Crippen LogP) is 4.27. The van der Waals surface area contributed by atoms with Gasteiger partial charge in [0.15, 0.2) is 0 Å². The summed E-state index contributed by atoms with van der Waals surface area (Å²) in [5.41, 5.74) is 4.35. The molecular formula is C26H26N2O3. The lowest BCUT2D eigenvalue weighted by Gasteiger charge is -2.35. The molecule has 1 saturated heterocycles. The number of methoxy groups -OCH3 is 1. The topological polar surface area (TPSA) is 49.9 Å². The summed E-state index contributed by atoms with van der Waals surface area (Å²) in [6.07, 6.45) is 0. The van der Waals surface area contributed by atoms with Gasteiger partial charge in [0.1, 0.15) is 5.75 Å². The van der Waals surface area contributed by atoms with E-state index in [9.17, 15) is 9.59 Å². The van der Waals surface area contributed by atoms with Crippen molar-refractivity contribution in [2.24, 2.45) is 0 Å². The van der Waals surface area contributed by atoms with Crippen molar-refractivity contribution in [1.29, 1.82) is 0 Å². The molecule has 0 aromatic heterocycles. The van der Waals surface area contributed by atoms with E-state index in [0.29, 0.717) is 37.3 Å². The Morgan fingerprint density at radius 3 is 2.00 bits per heavy atom. The first kappa shape index (κ1) is 20.7. The van der Waals surface area contributed by atoms with Crippen molar-refractivity contribution in [2.75, 3.05) is 33.3 Å². The van der Waals surface area contributed by atoms with E-state index in [1.165, 1.54) is 0 Å². The molecular weight excluding hydrogens is 388 g/mol. The summed E-state index contributed by atoms with van der Waals surface area (Å²) >= 11 is 0. The van der Waals surface area contributed by atoms with Gasteiger partial charge in [-0.1, -0.05) is 48.0 Å². The molecule has 0 atom stereocenters. The monoisotopic (exact) mass is 414 g/mol. The Kier molecular flexibility index (Phi) is 6.03. The molecule has 0 N–H and O–H groups in total. The first-order valence-corrected chi connectivity index (χ1v) is 10.5. The molecule has 0 bridgehead atoms. The maximum absolute atomic E-state index is 13.1. The molecule has 158 valence electrons. The van der Waals surface area contributed by atoms with Crippen molar-refractivity contribution in [3.8, 4) is 16.9 Å². The smallest absolute Gasteiger partial charge is 0.253 e. The molecule has 5 heteroatoms. The zero-order valence-corrected chi connectivity index (χ0v) is 17.9. The summed E-state index contributed by atoms with van der Waals surface area (Å²) in [7, 11) is 1.64. The van der Waals surface area contributed by atoms with Crippen LogP contribution < -0.4 is 4.74 Å². The summed E-state index contributed by atoms with van der Waals surface area (Å²) in [5.74, 6) is 0.778. The van der Waals surface area contributed by atoms with E-state index in [-0.39, 0.29) is 11.8 Å². The van der Waals surface area contributed by atoms with E-state index in [2.05, 4.69) is 0 Å². The van der Waals surface area contributed by atoms with Gasteiger partial charge in [0.25, 0.3) is 11.8 Å². The fourth-order valence-electron chi connectivity index (χ4n) is 3.88. The zero-order chi connectivity index (χ0) is 21.8. The second-order valence-electron chi connectivity index (χ2n) is 7.73. The number of hydrogen-bond acceptors (Lipinski definition) is 3. The van der Waals surface area contributed by atoms with E-state index in [4.69, 9.17) is 4.74 Å². The van der Waals surface area contributed by atoms with Crippen LogP contribution in [0.3, 0.4) is 0 Å². The molecule has 4 rings (SSSR count). The quantitative estimate of drug-likeness (QED) is 0.641. The Hall–Kier alpha value is -3.60. The van der Waals surface area contributed by atoms with Gasteiger partial charge in [0, 0.05) is 42.9 Å². The van der Waals surface area contributed by atoms with E-state index in [0.717, 1.165) is 22.4 Å². The number of para-hydroxylation sites is 1. The SMILES string of the molecule is COc1ccccc1-c1cccc(C(=O)N2CCN(C(=O)c3ccc(C)cc3)CC2)c1. The summed E-state index contributed by atoms with van der Waals surface area (Å²) in [6, 6.07) is 23.0. The van der Waals surface area contributed by atoms with E-state index < -0.39 is 0 Å². The molecule has 5 nitrogen and oxygen atoms in total. The maximum atomic E-state index is 13.1. The van der Waals surface area contributed by atoms with Crippen molar-refractivity contribution < 1.29 is 14.3 Å². The van der Waals surface area contributed by atoms with Gasteiger partial charge < -0.3 is 14.5 Å². The number of piperazine rings is 1. The number of aryl methyl sites for hydroxylation is 1. The van der Waals surface area contributed by atoms with Gasteiger partial charge in [0.05, 0.1) is 7.11 Å². The number of nitrogens with zero attached hydrogens (tertiary/aromatic N) is 2. The van der Waals surface area contributed by atoms with E-state index >= 15 is 0 Å². The minimum atomic E-state index is -0.0146. The van der Waals surface area contributed by atoms with Crippen LogP contribution in [0.4, 0.5) is 0 Å². The standard InChI is InChI=1S/C26H26N2O3/c1-19-10-12-20(13-11-19)25(29)27-14-16-28(17-15-27)26(30)22-7-5-6-21(18-22)23-8-3-4-9-24(23)31-2/h3-13,18H,14-17H2,1-2H3. The van der Waals surface area contributed by atoms with Crippen LogP contribution in [0.1, 0.15) is 26.3 Å². The van der Waals surface area contributed by atoms with Crippen LogP contribution in [0.25, 0.3) is 11.1 Å². The number of carbonyl (C=O) groups excluding carboxylic acids is 2. The van der Waals surface area contributed by atoms with Crippen molar-refractivity contribution >= 4 is 11.8 Å². The third-order valence-electron chi connectivity index (χ3n) is 5.68. The highest BCUT2D eigenvalue weighted by molar-refractivity contribution is 5.97. The van der Waals surface area contributed by atoms with Gasteiger partial charge in [-0.3, -0.25) is 9.59 Å². The summed E-state index contributed by atoms with van der Waals surface area (Å²) in [6.45, 7) is 4.11. The first-order chi connectivity index (χ1) is 15.1. The number of ether oxygens (including phenoxy) is 1. The van der Waals surface area contributed by atoms with Crippen LogP contribution in [0.2, 0.25) is 0 Å². The van der Waals surface area contributed by atoms with Gasteiger partial charge in [-0.05, 0) is 42.8 Å². The Labute approximate surface area is 182 Å². The van der Waals surface area contributed by atoms with E-state index in [1.54, 1.807) is 7.11 Å². The van der Waals surface area contributed by atoms with Crippen molar-refractivity contribution in [3.63, 3.8) is 0 Å². The molecule has 0 saturated carbocycles. The van der Waals surface area contributed by atoms with Crippen molar-refractivity contribution in [3.05, 3.63) is 89.5 Å². The van der Waals surface area contributed by atoms with Gasteiger partial charge in [-0.2, -0.15) is 0 Å². The van der Waals surface area contributed by atoms with E-state index in [1.807, 2.05) is 89.5 Å². The third-order valence-corrected chi connectivity index (χ3v) is 5.68. The van der Waals surface area contributed by atoms with Gasteiger partial charge in [-0.15, -0.1) is 0 Å². The molecule has 2 amide bonds. The Bertz CT molecular complexity index is 1080. The number of amides is 2. The Balaban J connectivity index is 1.44. The summed E-state index contributed by atoms with van der Waals surface area (Å²) < 4.78 is 5.46. The highest BCUT2D eigenvalue weighted by atomic mass is 16.5. The second kappa shape index (κ2) is 9.04. The van der Waals surface area contributed by atoms with Crippen LogP contribution in [0.15, 0.2) is 72.8 Å². The zero-order valence-electron chi connectivity index (χ0n) is 17.9. The van der Waals surface area contributed by atoms with Crippen LogP contribution in [-0.4, -0.2) is 54.9 Å². The molecule has 31 heavy (non-hydrogen) atoms. The molecule has 0 spiro atoms. The largest absolute Gasteiger partial charge is 0.496 e. The highest BCUT2D eigenvalue weighted by Crippen LogP contribution is 2.30.